The summed E-state index contributed by atoms with van der Waals surface area (Å²) in [5, 5.41) is 9.05. The zero-order chi connectivity index (χ0) is 12.4. The quantitative estimate of drug-likeness (QED) is 0.845. The van der Waals surface area contributed by atoms with Crippen LogP contribution < -0.4 is 0 Å². The summed E-state index contributed by atoms with van der Waals surface area (Å²) >= 11 is 0. The third-order valence-electron chi connectivity index (χ3n) is 3.17. The standard InChI is InChI=1S/C13H15NO3/c1-9-5-2-3-6-10(9)12(15)14-8-4-7-11(14)13(16)17/h2-3,5-6,11H,4,7-8H2,1H3,(H,16,17). The van der Waals surface area contributed by atoms with E-state index in [9.17, 15) is 9.59 Å². The highest BCUT2D eigenvalue weighted by atomic mass is 16.4. The van der Waals surface area contributed by atoms with Gasteiger partial charge in [-0.05, 0) is 31.4 Å². The number of hydrogen-bond donors (Lipinski definition) is 1. The van der Waals surface area contributed by atoms with Gasteiger partial charge in [-0.2, -0.15) is 0 Å². The number of carboxylic acid groups (broad SMARTS) is 1. The lowest BCUT2D eigenvalue weighted by Gasteiger charge is -2.22. The Morgan fingerprint density at radius 3 is 2.71 bits per heavy atom. The number of hydrogen-bond acceptors (Lipinski definition) is 2. The number of rotatable bonds is 2. The Hall–Kier alpha value is -1.84. The lowest BCUT2D eigenvalue weighted by atomic mass is 10.1. The lowest BCUT2D eigenvalue weighted by molar-refractivity contribution is -0.141. The Balaban J connectivity index is 2.26. The van der Waals surface area contributed by atoms with Gasteiger partial charge in [0.05, 0.1) is 0 Å². The Bertz CT molecular complexity index is 456. The Kier molecular flexibility index (Phi) is 3.13. The van der Waals surface area contributed by atoms with E-state index < -0.39 is 12.0 Å². The van der Waals surface area contributed by atoms with Crippen molar-refractivity contribution in [2.24, 2.45) is 0 Å². The van der Waals surface area contributed by atoms with Gasteiger partial charge >= 0.3 is 5.97 Å². The van der Waals surface area contributed by atoms with Crippen LogP contribution in [0.1, 0.15) is 28.8 Å². The number of benzene rings is 1. The van der Waals surface area contributed by atoms with Crippen LogP contribution in [0.15, 0.2) is 24.3 Å². The molecule has 0 bridgehead atoms. The van der Waals surface area contributed by atoms with Crippen LogP contribution in [0.3, 0.4) is 0 Å². The zero-order valence-corrected chi connectivity index (χ0v) is 9.72. The fraction of sp³-hybridized carbons (Fsp3) is 0.385. The van der Waals surface area contributed by atoms with Crippen molar-refractivity contribution >= 4 is 11.9 Å². The third-order valence-corrected chi connectivity index (χ3v) is 3.17. The molecule has 1 aliphatic rings. The number of aryl methyl sites for hydroxylation is 1. The summed E-state index contributed by atoms with van der Waals surface area (Å²) in [5.41, 5.74) is 1.48. The molecular formula is C13H15NO3. The summed E-state index contributed by atoms with van der Waals surface area (Å²) in [4.78, 5) is 24.7. The van der Waals surface area contributed by atoms with Gasteiger partial charge in [0.25, 0.3) is 5.91 Å². The van der Waals surface area contributed by atoms with E-state index in [1.54, 1.807) is 12.1 Å². The summed E-state index contributed by atoms with van der Waals surface area (Å²) in [7, 11) is 0. The molecule has 1 unspecified atom stereocenters. The first kappa shape index (κ1) is 11.6. The van der Waals surface area contributed by atoms with E-state index in [1.807, 2.05) is 19.1 Å². The predicted molar refractivity (Wildman–Crippen MR) is 62.9 cm³/mol. The summed E-state index contributed by atoms with van der Waals surface area (Å²) in [5.74, 6) is -1.09. The van der Waals surface area contributed by atoms with Crippen LogP contribution in [0.2, 0.25) is 0 Å². The van der Waals surface area contributed by atoms with Crippen molar-refractivity contribution in [2.75, 3.05) is 6.54 Å². The van der Waals surface area contributed by atoms with Crippen molar-refractivity contribution in [2.45, 2.75) is 25.8 Å². The van der Waals surface area contributed by atoms with Crippen LogP contribution in [-0.4, -0.2) is 34.5 Å². The summed E-state index contributed by atoms with van der Waals surface area (Å²) < 4.78 is 0. The number of carbonyl (C=O) groups is 2. The van der Waals surface area contributed by atoms with Gasteiger partial charge in [0.15, 0.2) is 0 Å². The molecule has 2 rings (SSSR count). The highest BCUT2D eigenvalue weighted by molar-refractivity contribution is 5.98. The maximum Gasteiger partial charge on any atom is 0.326 e. The first-order valence-electron chi connectivity index (χ1n) is 5.70. The number of amides is 1. The van der Waals surface area contributed by atoms with E-state index in [1.165, 1.54) is 4.90 Å². The first-order valence-corrected chi connectivity index (χ1v) is 5.70. The average Bonchev–Trinajstić information content (AvgIpc) is 2.77. The third kappa shape index (κ3) is 2.16. The van der Waals surface area contributed by atoms with Gasteiger partial charge < -0.3 is 10.0 Å². The highest BCUT2D eigenvalue weighted by Gasteiger charge is 2.34. The molecule has 4 nitrogen and oxygen atoms in total. The number of carboxylic acids is 1. The molecule has 0 spiro atoms. The van der Waals surface area contributed by atoms with Gasteiger partial charge in [-0.3, -0.25) is 4.79 Å². The minimum Gasteiger partial charge on any atom is -0.480 e. The van der Waals surface area contributed by atoms with Gasteiger partial charge in [-0.1, -0.05) is 18.2 Å². The van der Waals surface area contributed by atoms with Crippen molar-refractivity contribution in [3.63, 3.8) is 0 Å². The lowest BCUT2D eigenvalue weighted by Crippen LogP contribution is -2.40. The van der Waals surface area contributed by atoms with E-state index in [0.717, 1.165) is 12.0 Å². The molecule has 1 atom stereocenters. The molecule has 1 aromatic rings. The Morgan fingerprint density at radius 1 is 1.35 bits per heavy atom. The van der Waals surface area contributed by atoms with Crippen LogP contribution >= 0.6 is 0 Å². The second-order valence-corrected chi connectivity index (χ2v) is 4.31. The molecule has 0 aromatic heterocycles. The molecule has 1 saturated heterocycles. The monoisotopic (exact) mass is 233 g/mol. The molecule has 0 saturated carbocycles. The normalized spacial score (nSPS) is 19.4. The van der Waals surface area contributed by atoms with E-state index in [0.29, 0.717) is 18.5 Å². The number of aliphatic carboxylic acids is 1. The molecule has 1 aromatic carbocycles. The molecule has 0 aliphatic carbocycles. The molecule has 1 amide bonds. The largest absolute Gasteiger partial charge is 0.480 e. The number of carbonyl (C=O) groups excluding carboxylic acids is 1. The van der Waals surface area contributed by atoms with Crippen molar-refractivity contribution in [3.8, 4) is 0 Å². The predicted octanol–water partition coefficient (Wildman–Crippen LogP) is 1.68. The van der Waals surface area contributed by atoms with Gasteiger partial charge in [-0.25, -0.2) is 4.79 Å². The summed E-state index contributed by atoms with van der Waals surface area (Å²) in [6.07, 6.45) is 1.31. The highest BCUT2D eigenvalue weighted by Crippen LogP contribution is 2.21. The van der Waals surface area contributed by atoms with Gasteiger partial charge in [-0.15, -0.1) is 0 Å². The van der Waals surface area contributed by atoms with E-state index in [2.05, 4.69) is 0 Å². The van der Waals surface area contributed by atoms with Gasteiger partial charge in [0, 0.05) is 12.1 Å². The molecule has 4 heteroatoms. The fourth-order valence-electron chi connectivity index (χ4n) is 2.23. The maximum atomic E-state index is 12.2. The van der Waals surface area contributed by atoms with Gasteiger partial charge in [0.1, 0.15) is 6.04 Å². The van der Waals surface area contributed by atoms with Crippen LogP contribution in [0.4, 0.5) is 0 Å². The van der Waals surface area contributed by atoms with E-state index in [4.69, 9.17) is 5.11 Å². The van der Waals surface area contributed by atoms with Gasteiger partial charge in [0.2, 0.25) is 0 Å². The minimum atomic E-state index is -0.913. The van der Waals surface area contributed by atoms with Crippen LogP contribution in [0, 0.1) is 6.92 Å². The first-order chi connectivity index (χ1) is 8.11. The maximum absolute atomic E-state index is 12.2. The van der Waals surface area contributed by atoms with E-state index >= 15 is 0 Å². The summed E-state index contributed by atoms with van der Waals surface area (Å²) in [6, 6.07) is 6.60. The Labute approximate surface area is 99.9 Å². The molecule has 1 heterocycles. The van der Waals surface area contributed by atoms with Crippen molar-refractivity contribution in [3.05, 3.63) is 35.4 Å². The second kappa shape index (κ2) is 4.57. The van der Waals surface area contributed by atoms with Crippen molar-refractivity contribution in [1.82, 2.24) is 4.90 Å². The molecule has 90 valence electrons. The van der Waals surface area contributed by atoms with Crippen LogP contribution in [0.25, 0.3) is 0 Å². The number of likely N-dealkylation sites (tertiary alicyclic amines) is 1. The average molecular weight is 233 g/mol. The molecule has 1 fully saturated rings. The van der Waals surface area contributed by atoms with Crippen LogP contribution in [-0.2, 0) is 4.79 Å². The zero-order valence-electron chi connectivity index (χ0n) is 9.72. The molecule has 17 heavy (non-hydrogen) atoms. The minimum absolute atomic E-state index is 0.173. The molecular weight excluding hydrogens is 218 g/mol. The van der Waals surface area contributed by atoms with E-state index in [-0.39, 0.29) is 5.91 Å². The van der Waals surface area contributed by atoms with Crippen LogP contribution in [0.5, 0.6) is 0 Å². The smallest absolute Gasteiger partial charge is 0.326 e. The topological polar surface area (TPSA) is 57.6 Å². The van der Waals surface area contributed by atoms with Crippen molar-refractivity contribution in [1.29, 1.82) is 0 Å². The molecule has 1 N–H and O–H groups in total. The molecule has 1 aliphatic heterocycles. The Morgan fingerprint density at radius 2 is 2.06 bits per heavy atom. The second-order valence-electron chi connectivity index (χ2n) is 4.31. The fourth-order valence-corrected chi connectivity index (χ4v) is 2.23. The summed E-state index contributed by atoms with van der Waals surface area (Å²) in [6.45, 7) is 2.39. The number of nitrogens with zero attached hydrogens (tertiary/aromatic N) is 1. The SMILES string of the molecule is Cc1ccccc1C(=O)N1CCCC1C(=O)O. The van der Waals surface area contributed by atoms with Crippen molar-refractivity contribution < 1.29 is 14.7 Å². The molecule has 0 radical (unpaired) electrons.